The lowest BCUT2D eigenvalue weighted by molar-refractivity contribution is 0.630. The smallest absolute Gasteiger partial charge is 0.204 e. The Morgan fingerprint density at radius 3 is 2.83 bits per heavy atom. The van der Waals surface area contributed by atoms with Crippen LogP contribution in [0.15, 0.2) is 18.2 Å². The summed E-state index contributed by atoms with van der Waals surface area (Å²) in [4.78, 5) is 6.16. The van der Waals surface area contributed by atoms with Crippen LogP contribution in [0, 0.1) is 5.82 Å². The van der Waals surface area contributed by atoms with Crippen LogP contribution in [0.4, 0.5) is 15.2 Å². The highest BCUT2D eigenvalue weighted by Crippen LogP contribution is 2.25. The van der Waals surface area contributed by atoms with Crippen LogP contribution in [-0.4, -0.2) is 23.5 Å². The first-order chi connectivity index (χ1) is 8.58. The molecule has 1 aromatic heterocycles. The zero-order chi connectivity index (χ0) is 13.1. The highest BCUT2D eigenvalue weighted by atomic mass is 35.5. The molecule has 1 heterocycles. The summed E-state index contributed by atoms with van der Waals surface area (Å²) in [6.07, 6.45) is 0. The van der Waals surface area contributed by atoms with Crippen LogP contribution >= 0.6 is 23.1 Å². The first-order valence-corrected chi connectivity index (χ1v) is 6.41. The molecule has 4 nitrogen and oxygen atoms in total. The van der Waals surface area contributed by atoms with Crippen molar-refractivity contribution in [3.63, 3.8) is 0 Å². The van der Waals surface area contributed by atoms with Gasteiger partial charge in [-0.25, -0.2) is 9.37 Å². The number of benzene rings is 1. The number of halogens is 2. The predicted molar refractivity (Wildman–Crippen MR) is 73.0 cm³/mol. The fourth-order valence-corrected chi connectivity index (χ4v) is 2.16. The summed E-state index contributed by atoms with van der Waals surface area (Å²) < 4.78 is 17.7. The molecule has 0 aliphatic carbocycles. The Morgan fingerprint density at radius 1 is 1.44 bits per heavy atom. The molecule has 2 rings (SSSR count). The van der Waals surface area contributed by atoms with E-state index < -0.39 is 0 Å². The van der Waals surface area contributed by atoms with Crippen LogP contribution in [-0.2, 0) is 6.54 Å². The fraction of sp³-hybridized carbons (Fsp3) is 0.273. The fourth-order valence-electron chi connectivity index (χ4n) is 1.33. The van der Waals surface area contributed by atoms with Crippen molar-refractivity contribution in [2.45, 2.75) is 6.54 Å². The molecular formula is C11H12ClFN4S. The molecule has 1 aromatic carbocycles. The normalized spacial score (nSPS) is 10.4. The highest BCUT2D eigenvalue weighted by Gasteiger charge is 2.09. The Morgan fingerprint density at radius 2 is 2.22 bits per heavy atom. The van der Waals surface area contributed by atoms with E-state index >= 15 is 0 Å². The maximum Gasteiger partial charge on any atom is 0.204 e. The molecule has 0 aliphatic heterocycles. The summed E-state index contributed by atoms with van der Waals surface area (Å²) in [5.74, 6) is 0.230. The molecule has 0 atom stereocenters. The lowest BCUT2D eigenvalue weighted by Gasteiger charge is -2.07. The van der Waals surface area contributed by atoms with E-state index in [1.807, 2.05) is 19.0 Å². The van der Waals surface area contributed by atoms with Crippen molar-refractivity contribution in [1.29, 1.82) is 0 Å². The molecule has 18 heavy (non-hydrogen) atoms. The first kappa shape index (κ1) is 13.0. The van der Waals surface area contributed by atoms with E-state index in [0.29, 0.717) is 17.4 Å². The molecule has 0 amide bonds. The van der Waals surface area contributed by atoms with E-state index in [9.17, 15) is 4.39 Å². The van der Waals surface area contributed by atoms with Gasteiger partial charge in [0.15, 0.2) is 5.82 Å². The molecule has 96 valence electrons. The van der Waals surface area contributed by atoms with E-state index in [1.54, 1.807) is 12.1 Å². The minimum Gasteiger partial charge on any atom is -0.374 e. The van der Waals surface area contributed by atoms with Crippen molar-refractivity contribution in [1.82, 2.24) is 9.36 Å². The summed E-state index contributed by atoms with van der Waals surface area (Å²) in [5.41, 5.74) is 0.278. The second-order valence-electron chi connectivity index (χ2n) is 3.84. The summed E-state index contributed by atoms with van der Waals surface area (Å²) in [7, 11) is 3.79. The van der Waals surface area contributed by atoms with Crippen molar-refractivity contribution in [3.05, 3.63) is 34.9 Å². The molecule has 0 fully saturated rings. The third kappa shape index (κ3) is 2.88. The van der Waals surface area contributed by atoms with Crippen LogP contribution in [0.3, 0.4) is 0 Å². The molecule has 0 unspecified atom stereocenters. The van der Waals surface area contributed by atoms with Crippen molar-refractivity contribution >= 4 is 34.0 Å². The molecule has 0 radical (unpaired) electrons. The third-order valence-electron chi connectivity index (χ3n) is 2.23. The summed E-state index contributed by atoms with van der Waals surface area (Å²) in [5, 5.41) is 4.06. The molecule has 0 spiro atoms. The van der Waals surface area contributed by atoms with E-state index in [1.165, 1.54) is 17.6 Å². The second-order valence-corrected chi connectivity index (χ2v) is 4.98. The van der Waals surface area contributed by atoms with Gasteiger partial charge >= 0.3 is 0 Å². The van der Waals surface area contributed by atoms with Gasteiger partial charge in [0, 0.05) is 25.6 Å². The number of nitrogens with one attached hydrogen (secondary N) is 1. The van der Waals surface area contributed by atoms with Gasteiger partial charge in [-0.3, -0.25) is 0 Å². The number of para-hydroxylation sites is 1. The van der Waals surface area contributed by atoms with Crippen molar-refractivity contribution in [2.75, 3.05) is 24.3 Å². The number of nitrogens with zero attached hydrogens (tertiary/aromatic N) is 3. The van der Waals surface area contributed by atoms with Crippen molar-refractivity contribution in [2.24, 2.45) is 0 Å². The second kappa shape index (κ2) is 5.49. The quantitative estimate of drug-likeness (QED) is 0.938. The van der Waals surface area contributed by atoms with E-state index in [-0.39, 0.29) is 11.5 Å². The van der Waals surface area contributed by atoms with Crippen LogP contribution in [0.2, 0.25) is 5.02 Å². The van der Waals surface area contributed by atoms with Crippen molar-refractivity contribution < 1.29 is 4.39 Å². The molecule has 0 aliphatic rings. The lowest BCUT2D eigenvalue weighted by atomic mass is 10.3. The van der Waals surface area contributed by atoms with Crippen LogP contribution in [0.1, 0.15) is 5.82 Å². The molecule has 0 bridgehead atoms. The maximum atomic E-state index is 13.5. The van der Waals surface area contributed by atoms with Gasteiger partial charge in [0.25, 0.3) is 0 Å². The van der Waals surface area contributed by atoms with Gasteiger partial charge in [0.1, 0.15) is 5.82 Å². The molecule has 7 heteroatoms. The van der Waals surface area contributed by atoms with Crippen molar-refractivity contribution in [3.8, 4) is 0 Å². The highest BCUT2D eigenvalue weighted by molar-refractivity contribution is 7.09. The van der Waals surface area contributed by atoms with E-state index in [2.05, 4.69) is 14.7 Å². The lowest BCUT2D eigenvalue weighted by Crippen LogP contribution is -2.09. The number of rotatable bonds is 4. The Hall–Kier alpha value is -1.40. The largest absolute Gasteiger partial charge is 0.374 e. The maximum absolute atomic E-state index is 13.5. The molecule has 2 aromatic rings. The Labute approximate surface area is 114 Å². The first-order valence-electron chi connectivity index (χ1n) is 5.25. The monoisotopic (exact) mass is 286 g/mol. The molecule has 0 saturated carbocycles. The summed E-state index contributed by atoms with van der Waals surface area (Å²) >= 11 is 7.20. The van der Waals surface area contributed by atoms with Gasteiger partial charge in [0.2, 0.25) is 5.13 Å². The van der Waals surface area contributed by atoms with Gasteiger partial charge in [-0.2, -0.15) is 4.37 Å². The predicted octanol–water partition coefficient (Wildman–Crippen LogP) is 3.01. The standard InChI is InChI=1S/C11H12ClFN4S/c1-17(2)11-15-9(16-18-11)6-14-10-7(12)4-3-5-8(10)13/h3-5,14H,6H2,1-2H3. The number of hydrogen-bond donors (Lipinski definition) is 1. The van der Waals surface area contributed by atoms with Gasteiger partial charge in [-0.1, -0.05) is 17.7 Å². The zero-order valence-corrected chi connectivity index (χ0v) is 11.5. The van der Waals surface area contributed by atoms with Gasteiger partial charge in [-0.05, 0) is 12.1 Å². The molecule has 0 saturated heterocycles. The summed E-state index contributed by atoms with van der Waals surface area (Å²) in [6.45, 7) is 0.338. The minimum atomic E-state index is -0.384. The Kier molecular flexibility index (Phi) is 3.98. The van der Waals surface area contributed by atoms with Crippen LogP contribution < -0.4 is 10.2 Å². The zero-order valence-electron chi connectivity index (χ0n) is 9.94. The molecule has 1 N–H and O–H groups in total. The number of aromatic nitrogens is 2. The average Bonchev–Trinajstić information content (AvgIpc) is 2.77. The molecular weight excluding hydrogens is 275 g/mol. The van der Waals surface area contributed by atoms with Crippen LogP contribution in [0.25, 0.3) is 0 Å². The van der Waals surface area contributed by atoms with E-state index in [4.69, 9.17) is 11.6 Å². The minimum absolute atomic E-state index is 0.278. The Balaban J connectivity index is 2.07. The van der Waals surface area contributed by atoms with Gasteiger partial charge in [-0.15, -0.1) is 0 Å². The topological polar surface area (TPSA) is 41.1 Å². The SMILES string of the molecule is CN(C)c1nc(CNc2c(F)cccc2Cl)ns1. The summed E-state index contributed by atoms with van der Waals surface area (Å²) in [6, 6.07) is 4.55. The number of anilines is 2. The third-order valence-corrected chi connectivity index (χ3v) is 3.46. The average molecular weight is 287 g/mol. The van der Waals surface area contributed by atoms with Gasteiger partial charge < -0.3 is 10.2 Å². The van der Waals surface area contributed by atoms with Crippen LogP contribution in [0.5, 0.6) is 0 Å². The van der Waals surface area contributed by atoms with E-state index in [0.717, 1.165) is 5.13 Å². The number of hydrogen-bond acceptors (Lipinski definition) is 5. The Bertz CT molecular complexity index is 523. The van der Waals surface area contributed by atoms with Gasteiger partial charge in [0.05, 0.1) is 17.3 Å².